The Bertz CT molecular complexity index is 1540. The van der Waals surface area contributed by atoms with E-state index in [4.69, 9.17) is 53.5 Å². The molecule has 0 saturated carbocycles. The van der Waals surface area contributed by atoms with Crippen molar-refractivity contribution < 1.29 is 90.9 Å². The van der Waals surface area contributed by atoms with E-state index in [1.165, 1.54) is 6.92 Å². The van der Waals surface area contributed by atoms with Crippen LogP contribution in [0.1, 0.15) is 155 Å². The Labute approximate surface area is 423 Å². The molecule has 414 valence electrons. The van der Waals surface area contributed by atoms with Gasteiger partial charge in [-0.2, -0.15) is 0 Å². The first kappa shape index (κ1) is 72.7. The minimum absolute atomic E-state index is 0.0190. The molecule has 21 nitrogen and oxygen atoms in total. The number of carboxylic acids is 1. The summed E-state index contributed by atoms with van der Waals surface area (Å²) in [6, 6.07) is 0. The number of hydrogen-bond donors (Lipinski definition) is 2. The minimum Gasteiger partial charge on any atom is -0.481 e. The van der Waals surface area contributed by atoms with Crippen LogP contribution in [0.15, 0.2) is 0 Å². The van der Waals surface area contributed by atoms with Gasteiger partial charge >= 0.3 is 30.0 Å². The first-order chi connectivity index (χ1) is 32.8. The molecule has 0 heterocycles. The van der Waals surface area contributed by atoms with E-state index in [-0.39, 0.29) is 50.1 Å². The van der Waals surface area contributed by atoms with E-state index >= 15 is 0 Å². The van der Waals surface area contributed by atoms with Crippen LogP contribution in [0, 0.1) is 34.5 Å². The van der Waals surface area contributed by atoms with Crippen LogP contribution in [-0.4, -0.2) is 143 Å². The number of hydroxylamine groups is 2. The molecule has 0 rings (SSSR count). The molecule has 0 aliphatic heterocycles. The summed E-state index contributed by atoms with van der Waals surface area (Å²) in [5, 5.41) is 8.63. The van der Waals surface area contributed by atoms with E-state index in [1.54, 1.807) is 83.1 Å². The zero-order chi connectivity index (χ0) is 55.9. The fraction of sp³-hybridized carbons (Fsp3) is 0.800. The number of carbonyl (C=O) groups excluding carboxylic acids is 7. The van der Waals surface area contributed by atoms with Gasteiger partial charge in [-0.25, -0.2) is 4.79 Å². The number of primary amides is 1. The van der Waals surface area contributed by atoms with Crippen LogP contribution in [0.2, 0.25) is 0 Å². The number of ether oxygens (including phenoxy) is 9. The minimum atomic E-state index is -1.12. The summed E-state index contributed by atoms with van der Waals surface area (Å²) in [7, 11) is 0. The maximum atomic E-state index is 12.2. The van der Waals surface area contributed by atoms with Crippen molar-refractivity contribution in [3.63, 3.8) is 0 Å². The van der Waals surface area contributed by atoms with Gasteiger partial charge in [-0.1, -0.05) is 25.3 Å². The number of aliphatic carboxylic acids is 1. The van der Waals surface area contributed by atoms with Crippen molar-refractivity contribution in [1.82, 2.24) is 5.06 Å². The molecule has 0 fully saturated rings. The lowest BCUT2D eigenvalue weighted by atomic mass is 9.97. The quantitative estimate of drug-likeness (QED) is 0.0191. The molecule has 0 bridgehead atoms. The topological polar surface area (TPSA) is 278 Å². The summed E-state index contributed by atoms with van der Waals surface area (Å²) in [5.41, 5.74) is 2.57. The Morgan fingerprint density at radius 1 is 0.563 bits per heavy atom. The van der Waals surface area contributed by atoms with Gasteiger partial charge in [0.25, 0.3) is 11.8 Å². The highest BCUT2D eigenvalue weighted by molar-refractivity contribution is 5.93. The van der Waals surface area contributed by atoms with Gasteiger partial charge in [-0.3, -0.25) is 38.4 Å². The first-order valence-corrected chi connectivity index (χ1v) is 23.9. The smallest absolute Gasteiger partial charge is 0.481 e. The number of esters is 3. The average molecular weight is 1020 g/mol. The van der Waals surface area contributed by atoms with E-state index in [0.29, 0.717) is 83.6 Å². The Balaban J connectivity index is -0.000000542. The second-order valence-electron chi connectivity index (χ2n) is 19.7. The fourth-order valence-electron chi connectivity index (χ4n) is 4.09. The maximum Gasteiger partial charge on any atom is 0.533 e. The second-order valence-corrected chi connectivity index (χ2v) is 19.7. The number of nitrogens with two attached hydrogens (primary N) is 1. The van der Waals surface area contributed by atoms with Crippen LogP contribution < -0.4 is 5.73 Å². The third-order valence-corrected chi connectivity index (χ3v) is 8.43. The summed E-state index contributed by atoms with van der Waals surface area (Å²) >= 11 is 0. The highest BCUT2D eigenvalue weighted by Crippen LogP contribution is 2.21. The number of carbonyl (C=O) groups is 8. The molecule has 0 spiro atoms. The Morgan fingerprint density at radius 2 is 1.00 bits per heavy atom. The number of carboxylic acid groups (broad SMARTS) is 1. The fourth-order valence-corrected chi connectivity index (χ4v) is 4.09. The average Bonchev–Trinajstić information content (AvgIpc) is 3.26. The largest absolute Gasteiger partial charge is 0.533 e. The third kappa shape index (κ3) is 44.8. The van der Waals surface area contributed by atoms with E-state index in [2.05, 4.69) is 17.7 Å². The van der Waals surface area contributed by atoms with Gasteiger partial charge < -0.3 is 53.5 Å². The zero-order valence-corrected chi connectivity index (χ0v) is 45.6. The number of unbranched alkanes of at least 4 members (excludes halogenated alkanes) is 2. The van der Waals surface area contributed by atoms with E-state index in [0.717, 1.165) is 26.2 Å². The summed E-state index contributed by atoms with van der Waals surface area (Å²) < 4.78 is 48.3. The number of imide groups is 1. The lowest BCUT2D eigenvalue weighted by Gasteiger charge is -2.27. The molecule has 3 N–H and O–H groups in total. The van der Waals surface area contributed by atoms with Crippen molar-refractivity contribution in [3.05, 3.63) is 0 Å². The molecule has 0 saturated heterocycles. The Hall–Kier alpha value is -4.88. The monoisotopic (exact) mass is 1020 g/mol. The molecular formula is C50H90N2O19. The maximum absolute atomic E-state index is 12.2. The van der Waals surface area contributed by atoms with Crippen LogP contribution in [-0.2, 0) is 81.0 Å². The second kappa shape index (κ2) is 40.7. The third-order valence-electron chi connectivity index (χ3n) is 8.43. The van der Waals surface area contributed by atoms with Crippen molar-refractivity contribution in [2.45, 2.75) is 168 Å². The first-order valence-electron chi connectivity index (χ1n) is 23.9. The highest BCUT2D eigenvalue weighted by atomic mass is 16.8. The molecule has 21 heteroatoms. The summed E-state index contributed by atoms with van der Waals surface area (Å²) in [5.74, 6) is -3.43. The molecule has 0 aromatic heterocycles. The molecule has 3 amide bonds. The van der Waals surface area contributed by atoms with Gasteiger partial charge in [-0.15, -0.1) is 12.8 Å². The Morgan fingerprint density at radius 3 is 1.39 bits per heavy atom. The predicted molar refractivity (Wildman–Crippen MR) is 263 cm³/mol. The van der Waals surface area contributed by atoms with Gasteiger partial charge in [0, 0.05) is 52.2 Å². The number of rotatable bonds is 29. The van der Waals surface area contributed by atoms with Crippen molar-refractivity contribution in [3.8, 4) is 12.8 Å². The standard InChI is InChI=1S/C22H40O7.C21H38N2O10.C5H10O2.C2H2/c1-11-16(29-19(25)22(8,9)10)28-15(14-27-18(24)21(5,6)7)12-13-26-17(23)20(2,3)4;1-3-20(26)23(18(2)24)33-21(27)32-11-7-10-29-13-15-31-17-16-30-14-12-28-9-6-4-5-8-19(22)25;1-5(2,3)4(6)7;1-2/h15-16H,11-14H2,1-10H3;3-17H2,1-2H3,(H2,22,25);1-3H3,(H,6,7);1-2H/t15-,16?;;;/m0.../s1. The Kier molecular flexibility index (Phi) is 41.6. The summed E-state index contributed by atoms with van der Waals surface area (Å²) in [6.45, 7) is 29.1. The summed E-state index contributed by atoms with van der Waals surface area (Å²) in [4.78, 5) is 95.6. The van der Waals surface area contributed by atoms with Gasteiger partial charge in [0.1, 0.15) is 6.61 Å². The zero-order valence-electron chi connectivity index (χ0n) is 45.6. The van der Waals surface area contributed by atoms with Crippen LogP contribution in [0.4, 0.5) is 4.79 Å². The van der Waals surface area contributed by atoms with Gasteiger partial charge in [0.2, 0.25) is 12.2 Å². The molecule has 0 radical (unpaired) electrons. The lowest BCUT2D eigenvalue weighted by Crippen LogP contribution is -2.37. The van der Waals surface area contributed by atoms with Crippen molar-refractivity contribution in [1.29, 1.82) is 0 Å². The molecule has 1 unspecified atom stereocenters. The molecule has 0 aromatic rings. The molecule has 0 aliphatic rings. The molecule has 0 aromatic carbocycles. The van der Waals surface area contributed by atoms with Crippen molar-refractivity contribution >= 4 is 47.8 Å². The predicted octanol–water partition coefficient (Wildman–Crippen LogP) is 6.97. The van der Waals surface area contributed by atoms with Crippen LogP contribution in [0.5, 0.6) is 0 Å². The molecular weight excluding hydrogens is 933 g/mol. The molecule has 2 atom stereocenters. The van der Waals surface area contributed by atoms with E-state index in [9.17, 15) is 38.4 Å². The van der Waals surface area contributed by atoms with Gasteiger partial charge in [0.05, 0.1) is 80.6 Å². The highest BCUT2D eigenvalue weighted by Gasteiger charge is 2.30. The van der Waals surface area contributed by atoms with Gasteiger partial charge in [-0.05, 0) is 95.9 Å². The normalized spacial score (nSPS) is 12.1. The van der Waals surface area contributed by atoms with Gasteiger partial charge in [0.15, 0.2) is 0 Å². The molecule has 71 heavy (non-hydrogen) atoms. The van der Waals surface area contributed by atoms with Crippen LogP contribution in [0.25, 0.3) is 0 Å². The van der Waals surface area contributed by atoms with Crippen LogP contribution in [0.3, 0.4) is 0 Å². The van der Waals surface area contributed by atoms with Crippen molar-refractivity contribution in [2.24, 2.45) is 27.4 Å². The van der Waals surface area contributed by atoms with Crippen molar-refractivity contribution in [2.75, 3.05) is 72.7 Å². The summed E-state index contributed by atoms with van der Waals surface area (Å²) in [6.07, 6.45) is 9.73. The van der Waals surface area contributed by atoms with E-state index < -0.39 is 58.0 Å². The van der Waals surface area contributed by atoms with Crippen LogP contribution >= 0.6 is 0 Å². The van der Waals surface area contributed by atoms with E-state index in [1.807, 2.05) is 6.92 Å². The lowest BCUT2D eigenvalue weighted by molar-refractivity contribution is -0.207. The SMILES string of the molecule is C#C.CC(C)(C)C(=O)O.CCC(=O)N(OC(=O)OCCCOCCOCCOCCOCCCCCC(N)=O)C(C)=O.CCC(OC(=O)C(C)(C)C)O[C@@H](CCOC(=O)C(C)(C)C)COC(=O)C(C)(C)C. The number of terminal acetylenes is 1. The number of hydrogen-bond acceptors (Lipinski definition) is 18. The number of nitrogens with zero attached hydrogens (tertiary/aromatic N) is 1. The number of amides is 3. The molecule has 0 aliphatic carbocycles.